The topological polar surface area (TPSA) is 30.5 Å². The SMILES string of the molecule is CONOC.Cl.c1cc2ccc1CC2. The summed E-state index contributed by atoms with van der Waals surface area (Å²) in [5.74, 6) is 0. The Labute approximate surface area is 90.7 Å². The van der Waals surface area contributed by atoms with Crippen molar-refractivity contribution in [1.29, 1.82) is 0 Å². The van der Waals surface area contributed by atoms with Gasteiger partial charge < -0.3 is 0 Å². The molecule has 0 aromatic heterocycles. The van der Waals surface area contributed by atoms with Crippen molar-refractivity contribution in [3.05, 3.63) is 35.4 Å². The first-order chi connectivity index (χ1) is 6.36. The van der Waals surface area contributed by atoms with Gasteiger partial charge in [0.15, 0.2) is 0 Å². The van der Waals surface area contributed by atoms with Gasteiger partial charge in [-0.25, -0.2) is 0 Å². The quantitative estimate of drug-likeness (QED) is 0.768. The summed E-state index contributed by atoms with van der Waals surface area (Å²) in [6.07, 6.45) is 2.53. The van der Waals surface area contributed by atoms with E-state index in [0.717, 1.165) is 0 Å². The molecule has 0 saturated heterocycles. The molecule has 1 aromatic rings. The highest BCUT2D eigenvalue weighted by atomic mass is 35.5. The summed E-state index contributed by atoms with van der Waals surface area (Å²) in [5.41, 5.74) is 5.08. The normalized spacial score (nSPS) is 11.3. The van der Waals surface area contributed by atoms with E-state index in [1.807, 2.05) is 0 Å². The van der Waals surface area contributed by atoms with Gasteiger partial charge in [0.05, 0.1) is 14.2 Å². The van der Waals surface area contributed by atoms with Gasteiger partial charge in [0.2, 0.25) is 0 Å². The lowest BCUT2D eigenvalue weighted by Gasteiger charge is -2.09. The lowest BCUT2D eigenvalue weighted by atomic mass is 9.97. The number of benzene rings is 1. The van der Waals surface area contributed by atoms with Crippen LogP contribution in [0.5, 0.6) is 0 Å². The minimum atomic E-state index is 0. The van der Waals surface area contributed by atoms with Gasteiger partial charge in [0.25, 0.3) is 0 Å². The molecule has 2 aliphatic rings. The Kier molecular flexibility index (Phi) is 7.42. The highest BCUT2D eigenvalue weighted by Gasteiger charge is 2.01. The molecule has 1 N–H and O–H groups in total. The third kappa shape index (κ3) is 4.58. The highest BCUT2D eigenvalue weighted by molar-refractivity contribution is 5.85. The van der Waals surface area contributed by atoms with Crippen LogP contribution in [0.2, 0.25) is 0 Å². The molecule has 0 atom stereocenters. The molecule has 0 heterocycles. The second-order valence-electron chi connectivity index (χ2n) is 2.81. The van der Waals surface area contributed by atoms with Crippen molar-refractivity contribution >= 4 is 12.4 Å². The fraction of sp³-hybridized carbons (Fsp3) is 0.400. The van der Waals surface area contributed by atoms with Crippen molar-refractivity contribution < 1.29 is 9.68 Å². The predicted molar refractivity (Wildman–Crippen MR) is 58.3 cm³/mol. The summed E-state index contributed by atoms with van der Waals surface area (Å²) in [6.45, 7) is 0. The third-order valence-corrected chi connectivity index (χ3v) is 1.89. The Bertz CT molecular complexity index is 213. The van der Waals surface area contributed by atoms with Crippen LogP contribution in [0.15, 0.2) is 24.3 Å². The zero-order valence-corrected chi connectivity index (χ0v) is 9.26. The van der Waals surface area contributed by atoms with E-state index in [4.69, 9.17) is 0 Å². The highest BCUT2D eigenvalue weighted by Crippen LogP contribution is 2.14. The molecule has 1 aromatic carbocycles. The van der Waals surface area contributed by atoms with Gasteiger partial charge in [-0.1, -0.05) is 29.9 Å². The summed E-state index contributed by atoms with van der Waals surface area (Å²) >= 11 is 0. The summed E-state index contributed by atoms with van der Waals surface area (Å²) < 4.78 is 0. The van der Waals surface area contributed by atoms with Gasteiger partial charge in [-0.2, -0.15) is 0 Å². The minimum absolute atomic E-state index is 0. The Hall–Kier alpha value is -0.610. The maximum atomic E-state index is 4.22. The van der Waals surface area contributed by atoms with Crippen LogP contribution >= 0.6 is 12.4 Å². The number of hydrogen-bond donors (Lipinski definition) is 1. The van der Waals surface area contributed by atoms with E-state index in [-0.39, 0.29) is 12.4 Å². The molecule has 3 rings (SSSR count). The van der Waals surface area contributed by atoms with E-state index in [1.165, 1.54) is 38.2 Å². The van der Waals surface area contributed by atoms with E-state index in [0.29, 0.717) is 0 Å². The number of nitrogens with one attached hydrogen (secondary N) is 1. The largest absolute Gasteiger partial charge is 0.280 e. The lowest BCUT2D eigenvalue weighted by molar-refractivity contribution is -0.130. The molecule has 0 amide bonds. The predicted octanol–water partition coefficient (Wildman–Crippen LogP) is 1.91. The van der Waals surface area contributed by atoms with E-state index in [1.54, 1.807) is 0 Å². The first-order valence-electron chi connectivity index (χ1n) is 4.25. The van der Waals surface area contributed by atoms with E-state index in [9.17, 15) is 0 Å². The monoisotopic (exact) mass is 217 g/mol. The van der Waals surface area contributed by atoms with Crippen LogP contribution in [-0.4, -0.2) is 14.2 Å². The Morgan fingerprint density at radius 3 is 1.36 bits per heavy atom. The van der Waals surface area contributed by atoms with Crippen LogP contribution < -0.4 is 5.64 Å². The maximum Gasteiger partial charge on any atom is 0.0599 e. The van der Waals surface area contributed by atoms with E-state index in [2.05, 4.69) is 39.6 Å². The number of fused-ring (bicyclic) bond motifs is 3. The van der Waals surface area contributed by atoms with Crippen molar-refractivity contribution in [2.45, 2.75) is 12.8 Å². The molecule has 2 bridgehead atoms. The fourth-order valence-corrected chi connectivity index (χ4v) is 1.24. The minimum Gasteiger partial charge on any atom is -0.280 e. The standard InChI is InChI=1S/C8H8.C2H7NO2.ClH/c1-2-8-5-3-7(1)4-6-8;1-4-3-5-2;/h1-3,5H,4,6H2;3H,1-2H3;1H. The van der Waals surface area contributed by atoms with Crippen LogP contribution in [0.25, 0.3) is 0 Å². The number of rotatable bonds is 2. The summed E-state index contributed by atoms with van der Waals surface area (Å²) in [7, 11) is 2.95. The van der Waals surface area contributed by atoms with Gasteiger partial charge in [0, 0.05) is 0 Å². The first kappa shape index (κ1) is 13.4. The summed E-state index contributed by atoms with van der Waals surface area (Å²) in [5, 5.41) is 0. The van der Waals surface area contributed by atoms with Gasteiger partial charge in [-0.15, -0.1) is 12.4 Å². The van der Waals surface area contributed by atoms with Crippen molar-refractivity contribution in [2.24, 2.45) is 0 Å². The number of aryl methyl sites for hydroxylation is 2. The zero-order chi connectivity index (χ0) is 9.52. The summed E-state index contributed by atoms with van der Waals surface area (Å²) in [4.78, 5) is 8.44. The molecule has 14 heavy (non-hydrogen) atoms. The van der Waals surface area contributed by atoms with E-state index >= 15 is 0 Å². The average Bonchev–Trinajstić information content (AvgIpc) is 2.23. The van der Waals surface area contributed by atoms with Gasteiger partial charge >= 0.3 is 0 Å². The first-order valence-corrected chi connectivity index (χ1v) is 4.25. The van der Waals surface area contributed by atoms with Crippen molar-refractivity contribution in [3.63, 3.8) is 0 Å². The zero-order valence-electron chi connectivity index (χ0n) is 8.45. The smallest absolute Gasteiger partial charge is 0.0599 e. The van der Waals surface area contributed by atoms with Crippen LogP contribution in [0.1, 0.15) is 11.1 Å². The number of hydrogen-bond acceptors (Lipinski definition) is 3. The third-order valence-electron chi connectivity index (χ3n) is 1.89. The lowest BCUT2D eigenvalue weighted by Crippen LogP contribution is -2.07. The molecular formula is C10H16ClNO2. The summed E-state index contributed by atoms with van der Waals surface area (Å²) in [6, 6.07) is 8.83. The number of halogens is 1. The van der Waals surface area contributed by atoms with Crippen LogP contribution in [0, 0.1) is 0 Å². The Morgan fingerprint density at radius 1 is 0.929 bits per heavy atom. The molecule has 0 aliphatic heterocycles. The fourth-order valence-electron chi connectivity index (χ4n) is 1.24. The molecule has 0 fully saturated rings. The molecule has 0 spiro atoms. The van der Waals surface area contributed by atoms with Crippen LogP contribution in [0.3, 0.4) is 0 Å². The molecule has 2 aliphatic carbocycles. The van der Waals surface area contributed by atoms with Gasteiger partial charge in [0.1, 0.15) is 0 Å². The molecule has 3 nitrogen and oxygen atoms in total. The average molecular weight is 218 g/mol. The second-order valence-corrected chi connectivity index (χ2v) is 2.81. The molecule has 0 unspecified atom stereocenters. The Morgan fingerprint density at radius 2 is 1.29 bits per heavy atom. The van der Waals surface area contributed by atoms with Crippen molar-refractivity contribution in [1.82, 2.24) is 5.64 Å². The van der Waals surface area contributed by atoms with Gasteiger partial charge in [-0.05, 0) is 24.0 Å². The molecule has 0 radical (unpaired) electrons. The molecule has 4 heteroatoms. The second kappa shape index (κ2) is 7.76. The van der Waals surface area contributed by atoms with Gasteiger partial charge in [-0.3, -0.25) is 9.68 Å². The van der Waals surface area contributed by atoms with Crippen LogP contribution in [0.4, 0.5) is 0 Å². The van der Waals surface area contributed by atoms with E-state index < -0.39 is 0 Å². The van der Waals surface area contributed by atoms with Crippen molar-refractivity contribution in [2.75, 3.05) is 14.2 Å². The maximum absolute atomic E-state index is 4.22. The van der Waals surface area contributed by atoms with Crippen molar-refractivity contribution in [3.8, 4) is 0 Å². The van der Waals surface area contributed by atoms with Crippen LogP contribution in [-0.2, 0) is 22.5 Å². The Balaban J connectivity index is 0.000000253. The molecule has 80 valence electrons. The molecular weight excluding hydrogens is 202 g/mol. The molecule has 0 saturated carbocycles.